The first-order chi connectivity index (χ1) is 9.37. The van der Waals surface area contributed by atoms with E-state index in [4.69, 9.17) is 4.84 Å². The third-order valence-corrected chi connectivity index (χ3v) is 3.55. The molecule has 0 saturated heterocycles. The number of oxime groups is 1. The van der Waals surface area contributed by atoms with Crippen molar-refractivity contribution >= 4 is 22.9 Å². The molecule has 1 aromatic carbocycles. The van der Waals surface area contributed by atoms with Crippen LogP contribution in [-0.2, 0) is 4.84 Å². The molecule has 0 bridgehead atoms. The second-order valence-corrected chi connectivity index (χ2v) is 6.12. The first-order valence-electron chi connectivity index (χ1n) is 6.06. The van der Waals surface area contributed by atoms with Gasteiger partial charge in [-0.3, -0.25) is 0 Å². The third-order valence-electron chi connectivity index (χ3n) is 2.63. The molecule has 1 heterocycles. The Balaban J connectivity index is 1.89. The summed E-state index contributed by atoms with van der Waals surface area (Å²) in [6, 6.07) is 1.91. The number of benzene rings is 1. The molecule has 0 atom stereocenters. The van der Waals surface area contributed by atoms with Crippen LogP contribution >= 0.6 is 11.8 Å². The Morgan fingerprint density at radius 2 is 1.95 bits per heavy atom. The van der Waals surface area contributed by atoms with Crippen LogP contribution in [0.3, 0.4) is 0 Å². The Labute approximate surface area is 119 Å². The summed E-state index contributed by atoms with van der Waals surface area (Å²) in [5.41, 5.74) is 0.0156. The van der Waals surface area contributed by atoms with Crippen molar-refractivity contribution in [2.75, 3.05) is 5.75 Å². The summed E-state index contributed by atoms with van der Waals surface area (Å²) < 4.78 is 38.7. The van der Waals surface area contributed by atoms with Crippen molar-refractivity contribution in [3.8, 4) is 0 Å². The molecule has 0 amide bonds. The van der Waals surface area contributed by atoms with Gasteiger partial charge in [0.1, 0.15) is 10.6 Å². The maximum atomic E-state index is 13.0. The summed E-state index contributed by atoms with van der Waals surface area (Å²) >= 11 is 1.49. The van der Waals surface area contributed by atoms with Gasteiger partial charge in [0.25, 0.3) is 0 Å². The van der Waals surface area contributed by atoms with Crippen molar-refractivity contribution in [1.82, 2.24) is 0 Å². The van der Waals surface area contributed by atoms with E-state index in [1.165, 1.54) is 11.8 Å². The molecule has 0 radical (unpaired) electrons. The van der Waals surface area contributed by atoms with Crippen LogP contribution < -0.4 is 0 Å². The Morgan fingerprint density at radius 1 is 1.30 bits per heavy atom. The highest BCUT2D eigenvalue weighted by Gasteiger charge is 2.28. The third kappa shape index (κ3) is 3.79. The maximum Gasteiger partial charge on any atom is 0.194 e. The zero-order chi connectivity index (χ0) is 14.8. The molecule has 1 aliphatic heterocycles. The van der Waals surface area contributed by atoms with Crippen LogP contribution in [0.15, 0.2) is 23.4 Å². The fraction of sp³-hybridized carbons (Fsp3) is 0.357. The molecule has 0 aromatic heterocycles. The predicted octanol–water partition coefficient (Wildman–Crippen LogP) is 4.36. The van der Waals surface area contributed by atoms with Crippen molar-refractivity contribution in [3.05, 3.63) is 41.2 Å². The van der Waals surface area contributed by atoms with E-state index >= 15 is 0 Å². The Kier molecular flexibility index (Phi) is 4.42. The number of rotatable bonds is 3. The van der Waals surface area contributed by atoms with E-state index in [1.54, 1.807) is 12.2 Å². The second kappa shape index (κ2) is 5.91. The van der Waals surface area contributed by atoms with Crippen LogP contribution in [0.4, 0.5) is 13.2 Å². The van der Waals surface area contributed by atoms with Gasteiger partial charge >= 0.3 is 0 Å². The highest BCUT2D eigenvalue weighted by atomic mass is 32.2. The van der Waals surface area contributed by atoms with Crippen molar-refractivity contribution in [2.24, 2.45) is 5.16 Å². The SMILES string of the molecule is CC1(C)CC(SCC=Cc2cc(F)c(F)c(F)c2)=NO1. The molecular weight excluding hydrogens is 287 g/mol. The smallest absolute Gasteiger partial charge is 0.194 e. The average Bonchev–Trinajstić information content (AvgIpc) is 2.71. The van der Waals surface area contributed by atoms with E-state index in [9.17, 15) is 13.2 Å². The molecule has 108 valence electrons. The number of thioether (sulfide) groups is 1. The van der Waals surface area contributed by atoms with E-state index in [2.05, 4.69) is 5.16 Å². The summed E-state index contributed by atoms with van der Waals surface area (Å²) in [4.78, 5) is 5.22. The second-order valence-electron chi connectivity index (χ2n) is 5.02. The van der Waals surface area contributed by atoms with Crippen LogP contribution in [0.5, 0.6) is 0 Å². The van der Waals surface area contributed by atoms with Crippen molar-refractivity contribution in [2.45, 2.75) is 25.9 Å². The van der Waals surface area contributed by atoms with Gasteiger partial charge in [-0.15, -0.1) is 11.8 Å². The Hall–Kier alpha value is -1.43. The van der Waals surface area contributed by atoms with Crippen LogP contribution in [0, 0.1) is 17.5 Å². The summed E-state index contributed by atoms with van der Waals surface area (Å²) in [6.45, 7) is 3.90. The number of hydrogen-bond donors (Lipinski definition) is 0. The molecule has 0 saturated carbocycles. The van der Waals surface area contributed by atoms with Crippen molar-refractivity contribution in [1.29, 1.82) is 0 Å². The fourth-order valence-electron chi connectivity index (χ4n) is 1.68. The number of hydrogen-bond acceptors (Lipinski definition) is 3. The standard InChI is InChI=1S/C14H14F3NOS/c1-14(2)8-12(18-19-14)20-5-3-4-9-6-10(15)13(17)11(16)7-9/h3-4,6-7H,5,8H2,1-2H3. The van der Waals surface area contributed by atoms with E-state index in [1.807, 2.05) is 13.8 Å². The van der Waals surface area contributed by atoms with E-state index in [0.29, 0.717) is 5.75 Å². The molecule has 2 nitrogen and oxygen atoms in total. The largest absolute Gasteiger partial charge is 0.389 e. The van der Waals surface area contributed by atoms with Gasteiger partial charge in [0, 0.05) is 12.2 Å². The van der Waals surface area contributed by atoms with Gasteiger partial charge in [-0.1, -0.05) is 17.3 Å². The summed E-state index contributed by atoms with van der Waals surface area (Å²) in [6.07, 6.45) is 4.02. The van der Waals surface area contributed by atoms with Crippen LogP contribution in [0.25, 0.3) is 6.08 Å². The van der Waals surface area contributed by atoms with E-state index < -0.39 is 17.5 Å². The average molecular weight is 301 g/mol. The molecule has 2 rings (SSSR count). The highest BCUT2D eigenvalue weighted by molar-refractivity contribution is 8.14. The molecule has 20 heavy (non-hydrogen) atoms. The van der Waals surface area contributed by atoms with Gasteiger partial charge in [-0.25, -0.2) is 13.2 Å². The first-order valence-corrected chi connectivity index (χ1v) is 7.05. The number of halogens is 3. The quantitative estimate of drug-likeness (QED) is 0.774. The molecule has 0 spiro atoms. The van der Waals surface area contributed by atoms with Gasteiger partial charge in [0.2, 0.25) is 0 Å². The molecule has 0 unspecified atom stereocenters. The molecule has 1 aliphatic rings. The normalized spacial score (nSPS) is 17.4. The monoisotopic (exact) mass is 301 g/mol. The Morgan fingerprint density at radius 3 is 2.50 bits per heavy atom. The van der Waals surface area contributed by atoms with Gasteiger partial charge < -0.3 is 4.84 Å². The lowest BCUT2D eigenvalue weighted by Crippen LogP contribution is -2.18. The highest BCUT2D eigenvalue weighted by Crippen LogP contribution is 2.27. The van der Waals surface area contributed by atoms with Crippen LogP contribution in [0.1, 0.15) is 25.8 Å². The number of nitrogens with zero attached hydrogens (tertiary/aromatic N) is 1. The van der Waals surface area contributed by atoms with Gasteiger partial charge in [-0.05, 0) is 31.5 Å². The molecule has 6 heteroatoms. The van der Waals surface area contributed by atoms with Gasteiger partial charge in [-0.2, -0.15) is 0 Å². The van der Waals surface area contributed by atoms with Crippen molar-refractivity contribution in [3.63, 3.8) is 0 Å². The lowest BCUT2D eigenvalue weighted by molar-refractivity contribution is 0.0123. The van der Waals surface area contributed by atoms with E-state index in [-0.39, 0.29) is 11.2 Å². The van der Waals surface area contributed by atoms with E-state index in [0.717, 1.165) is 23.6 Å². The molecule has 1 aromatic rings. The molecule has 0 fully saturated rings. The molecule has 0 N–H and O–H groups in total. The minimum absolute atomic E-state index is 0.269. The van der Waals surface area contributed by atoms with Gasteiger partial charge in [0.15, 0.2) is 17.5 Å². The topological polar surface area (TPSA) is 21.6 Å². The predicted molar refractivity (Wildman–Crippen MR) is 75.0 cm³/mol. The lowest BCUT2D eigenvalue weighted by atomic mass is 10.1. The summed E-state index contributed by atoms with van der Waals surface area (Å²) in [5, 5.41) is 4.83. The zero-order valence-corrected chi connectivity index (χ0v) is 11.9. The minimum Gasteiger partial charge on any atom is -0.389 e. The summed E-state index contributed by atoms with van der Waals surface area (Å²) in [5.74, 6) is -3.23. The fourth-order valence-corrected chi connectivity index (χ4v) is 2.60. The lowest BCUT2D eigenvalue weighted by Gasteiger charge is -2.12. The van der Waals surface area contributed by atoms with Crippen LogP contribution in [-0.4, -0.2) is 16.4 Å². The zero-order valence-electron chi connectivity index (χ0n) is 11.1. The van der Waals surface area contributed by atoms with Crippen LogP contribution in [0.2, 0.25) is 0 Å². The summed E-state index contributed by atoms with van der Waals surface area (Å²) in [7, 11) is 0. The molecular formula is C14H14F3NOS. The van der Waals surface area contributed by atoms with Gasteiger partial charge in [0.05, 0.1) is 0 Å². The van der Waals surface area contributed by atoms with Crippen molar-refractivity contribution < 1.29 is 18.0 Å². The first kappa shape index (κ1) is 15.0. The Bertz CT molecular complexity index is 547. The molecule has 0 aliphatic carbocycles. The maximum absolute atomic E-state index is 13.0. The minimum atomic E-state index is -1.45.